The molecule has 9 unspecified atom stereocenters. The second-order valence-corrected chi connectivity index (χ2v) is 12.5. The van der Waals surface area contributed by atoms with Crippen molar-refractivity contribution < 1.29 is 57.3 Å². The van der Waals surface area contributed by atoms with Gasteiger partial charge in [0.05, 0.1) is 42.5 Å². The van der Waals surface area contributed by atoms with Crippen LogP contribution in [0.15, 0.2) is 15.3 Å². The first-order valence-corrected chi connectivity index (χ1v) is 17.1. The van der Waals surface area contributed by atoms with Crippen LogP contribution in [0.4, 0.5) is 0 Å². The summed E-state index contributed by atoms with van der Waals surface area (Å²) in [5, 5.41) is 22.4. The van der Waals surface area contributed by atoms with Crippen molar-refractivity contribution in [3.05, 3.63) is 31.3 Å². The van der Waals surface area contributed by atoms with Gasteiger partial charge >= 0.3 is 11.9 Å². The van der Waals surface area contributed by atoms with Crippen molar-refractivity contribution in [2.45, 2.75) is 166 Å². The zero-order valence-electron chi connectivity index (χ0n) is 29.9. The predicted octanol–water partition coefficient (Wildman–Crippen LogP) is 4.25. The van der Waals surface area contributed by atoms with Crippen molar-refractivity contribution in [1.82, 2.24) is 0 Å². The molecule has 51 heavy (non-hydrogen) atoms. The Morgan fingerprint density at radius 1 is 0.627 bits per heavy atom. The van der Waals surface area contributed by atoms with Gasteiger partial charge in [-0.2, -0.15) is 0 Å². The van der Waals surface area contributed by atoms with E-state index in [9.17, 15) is 31.3 Å². The number of azide groups is 3. The molecule has 0 aromatic carbocycles. The van der Waals surface area contributed by atoms with Gasteiger partial charge in [-0.05, 0) is 50.2 Å². The number of carbonyl (C=O) groups is 2. The van der Waals surface area contributed by atoms with Gasteiger partial charge in [0, 0.05) is 41.8 Å². The maximum atomic E-state index is 12.5. The van der Waals surface area contributed by atoms with E-state index in [2.05, 4.69) is 30.1 Å². The highest BCUT2D eigenvalue weighted by Gasteiger charge is 2.55. The van der Waals surface area contributed by atoms with Crippen LogP contribution in [0.2, 0.25) is 0 Å². The summed E-state index contributed by atoms with van der Waals surface area (Å²) < 4.78 is 54.5. The Bertz CT molecular complexity index is 1300. The maximum Gasteiger partial charge on any atom is 0.303 e. The minimum absolute atomic E-state index is 0.208. The highest BCUT2D eigenvalue weighted by molar-refractivity contribution is 5.66. The number of aliphatic hydroxyl groups excluding tert-OH is 1. The van der Waals surface area contributed by atoms with E-state index in [1.807, 2.05) is 13.8 Å². The zero-order chi connectivity index (χ0) is 37.7. The quantitative estimate of drug-likeness (QED) is 0.0723. The van der Waals surface area contributed by atoms with Gasteiger partial charge in [0.1, 0.15) is 18.3 Å². The number of nitrogens with zero attached hydrogens (tertiary/aromatic N) is 9. The average Bonchev–Trinajstić information content (AvgIpc) is 3.06. The number of aliphatic hydroxyl groups is 1. The summed E-state index contributed by atoms with van der Waals surface area (Å²) in [6.45, 7) is 11.5. The largest absolute Gasteiger partial charge is 0.454 e. The number of ether oxygens (including phenoxy) is 9. The van der Waals surface area contributed by atoms with Crippen LogP contribution in [0.1, 0.15) is 74.1 Å². The van der Waals surface area contributed by atoms with Gasteiger partial charge in [-0.25, -0.2) is 0 Å². The van der Waals surface area contributed by atoms with E-state index in [0.29, 0.717) is 12.8 Å². The fourth-order valence-electron chi connectivity index (χ4n) is 6.20. The SMILES string of the molecule is CCCCOC1C(O[C@H]2OC(C)[C@@H](N=[N+]=[N-])C(OCCCC)C2OC(C)=O)[C@@H](OC2[C@H](N=[N+]=[N-])C(C)OC(O)[C@@H]2OC(C)=O)OC(C)[C@H]1N=[N+]=[N-]. The molecule has 21 heteroatoms. The molecule has 1 N–H and O–H groups in total. The Kier molecular flexibility index (Phi) is 16.9. The van der Waals surface area contributed by atoms with Crippen molar-refractivity contribution in [2.75, 3.05) is 13.2 Å². The van der Waals surface area contributed by atoms with Crippen LogP contribution in [-0.2, 0) is 52.2 Å². The Morgan fingerprint density at radius 3 is 1.47 bits per heavy atom. The van der Waals surface area contributed by atoms with Gasteiger partial charge in [-0.15, -0.1) is 0 Å². The fourth-order valence-corrected chi connectivity index (χ4v) is 6.20. The number of unbranched alkanes of at least 4 members (excludes halogenated alkanes) is 2. The van der Waals surface area contributed by atoms with E-state index < -0.39 is 104 Å². The number of esters is 2. The van der Waals surface area contributed by atoms with E-state index in [-0.39, 0.29) is 13.2 Å². The van der Waals surface area contributed by atoms with Gasteiger partial charge in [0.15, 0.2) is 31.1 Å². The van der Waals surface area contributed by atoms with Gasteiger partial charge < -0.3 is 47.7 Å². The molecular weight excluding hydrogens is 678 g/mol. The molecule has 3 saturated heterocycles. The van der Waals surface area contributed by atoms with Gasteiger partial charge in [-0.3, -0.25) is 9.59 Å². The molecular formula is C30H49N9O12. The summed E-state index contributed by atoms with van der Waals surface area (Å²) in [7, 11) is 0. The predicted molar refractivity (Wildman–Crippen MR) is 174 cm³/mol. The van der Waals surface area contributed by atoms with Crippen molar-refractivity contribution in [2.24, 2.45) is 15.3 Å². The fraction of sp³-hybridized carbons (Fsp3) is 0.933. The summed E-state index contributed by atoms with van der Waals surface area (Å²) in [5.41, 5.74) is 28.3. The molecule has 3 fully saturated rings. The smallest absolute Gasteiger partial charge is 0.303 e. The van der Waals surface area contributed by atoms with E-state index >= 15 is 0 Å². The molecule has 0 aromatic rings. The van der Waals surface area contributed by atoms with E-state index in [4.69, 9.17) is 42.6 Å². The molecule has 0 bridgehead atoms. The first-order chi connectivity index (χ1) is 24.4. The topological polar surface area (TPSA) is 284 Å². The van der Waals surface area contributed by atoms with Crippen molar-refractivity contribution >= 4 is 11.9 Å². The first-order valence-electron chi connectivity index (χ1n) is 17.1. The average molecular weight is 728 g/mol. The number of carbonyl (C=O) groups excluding carboxylic acids is 2. The van der Waals surface area contributed by atoms with Crippen molar-refractivity contribution in [3.63, 3.8) is 0 Å². The molecule has 21 nitrogen and oxygen atoms in total. The normalized spacial score (nSPS) is 37.9. The molecule has 3 aliphatic rings. The standard InChI is InChI=1S/C30H49N9O12/c1-8-10-12-43-22-19(34-37-31)15(4)46-29(26(22)49-18(7)41)51-27-23(44-13-11-9-2)20(35-38-32)16(5)47-30(27)50-24-21(36-39-33)14(3)45-28(42)25(24)48-17(6)40/h14-16,19-30,42H,8-13H2,1-7H3/t14?,15?,16?,19-,20-,21-,22?,23?,24?,25-,26?,27?,28?,29-,30-/m1/s1. The van der Waals surface area contributed by atoms with E-state index in [1.54, 1.807) is 13.8 Å². The van der Waals surface area contributed by atoms with Crippen molar-refractivity contribution in [1.29, 1.82) is 0 Å². The van der Waals surface area contributed by atoms with Crippen LogP contribution < -0.4 is 0 Å². The van der Waals surface area contributed by atoms with Crippen LogP contribution in [0.5, 0.6) is 0 Å². The first kappa shape index (κ1) is 42.0. The Hall–Kier alpha value is -3.45. The summed E-state index contributed by atoms with van der Waals surface area (Å²) in [4.78, 5) is 33.4. The molecule has 0 saturated carbocycles. The molecule has 0 aromatic heterocycles. The van der Waals surface area contributed by atoms with Crippen LogP contribution in [-0.4, -0.2) is 122 Å². The summed E-state index contributed by atoms with van der Waals surface area (Å²) in [6.07, 6.45) is -11.8. The third-order valence-electron chi connectivity index (χ3n) is 8.65. The maximum absolute atomic E-state index is 12.5. The monoisotopic (exact) mass is 727 g/mol. The zero-order valence-corrected chi connectivity index (χ0v) is 29.9. The van der Waals surface area contributed by atoms with Gasteiger partial charge in [0.2, 0.25) is 0 Å². The van der Waals surface area contributed by atoms with Crippen LogP contribution >= 0.6 is 0 Å². The lowest BCUT2D eigenvalue weighted by molar-refractivity contribution is -0.367. The molecule has 0 radical (unpaired) electrons. The minimum Gasteiger partial charge on any atom is -0.454 e. The Balaban J connectivity index is 2.15. The molecule has 3 aliphatic heterocycles. The Labute approximate surface area is 295 Å². The van der Waals surface area contributed by atoms with Gasteiger partial charge in [-0.1, -0.05) is 42.0 Å². The molecule has 0 spiro atoms. The minimum atomic E-state index is -1.68. The number of hydrogen-bond donors (Lipinski definition) is 1. The van der Waals surface area contributed by atoms with E-state index in [0.717, 1.165) is 19.8 Å². The third kappa shape index (κ3) is 11.0. The molecule has 15 atom stereocenters. The second kappa shape index (κ2) is 20.6. The molecule has 3 heterocycles. The Morgan fingerprint density at radius 2 is 1.02 bits per heavy atom. The third-order valence-corrected chi connectivity index (χ3v) is 8.65. The molecule has 0 aliphatic carbocycles. The van der Waals surface area contributed by atoms with Crippen molar-refractivity contribution in [3.8, 4) is 0 Å². The lowest BCUT2D eigenvalue weighted by Crippen LogP contribution is -2.66. The number of hydrogen-bond acceptors (Lipinski definition) is 15. The lowest BCUT2D eigenvalue weighted by atomic mass is 9.94. The lowest BCUT2D eigenvalue weighted by Gasteiger charge is -2.50. The van der Waals surface area contributed by atoms with Crippen LogP contribution in [0.3, 0.4) is 0 Å². The number of rotatable bonds is 17. The van der Waals surface area contributed by atoms with E-state index in [1.165, 1.54) is 13.8 Å². The summed E-state index contributed by atoms with van der Waals surface area (Å²) >= 11 is 0. The highest BCUT2D eigenvalue weighted by Crippen LogP contribution is 2.37. The summed E-state index contributed by atoms with van der Waals surface area (Å²) in [6, 6.07) is -3.04. The molecule has 286 valence electrons. The van der Waals surface area contributed by atoms with Crippen LogP contribution in [0.25, 0.3) is 31.3 Å². The highest BCUT2D eigenvalue weighted by atomic mass is 16.8. The molecule has 3 rings (SSSR count). The molecule has 0 amide bonds. The van der Waals surface area contributed by atoms with Gasteiger partial charge in [0.25, 0.3) is 0 Å². The van der Waals surface area contributed by atoms with Crippen LogP contribution in [0, 0.1) is 0 Å². The summed E-state index contributed by atoms with van der Waals surface area (Å²) in [5.74, 6) is -1.48. The second-order valence-electron chi connectivity index (χ2n) is 12.5.